The van der Waals surface area contributed by atoms with Crippen molar-refractivity contribution in [2.75, 3.05) is 13.1 Å². The van der Waals surface area contributed by atoms with Gasteiger partial charge < -0.3 is 14.6 Å². The second-order valence-electron chi connectivity index (χ2n) is 12.2. The number of carbonyl (C=O) groups excluding carboxylic acids is 1. The van der Waals surface area contributed by atoms with Crippen LogP contribution in [0, 0.1) is 0 Å². The molecule has 0 spiro atoms. The molecule has 0 bridgehead atoms. The number of benzene rings is 4. The zero-order valence-corrected chi connectivity index (χ0v) is 26.5. The Labute approximate surface area is 271 Å². The third-order valence-corrected chi connectivity index (χ3v) is 9.51. The van der Waals surface area contributed by atoms with Crippen LogP contribution < -0.4 is 11.2 Å². The number of aromatic hydroxyl groups is 1. The standard InChI is InChI=1S/C38H35N5O4/c1-23(33-35(44)40-38(47)42(3)37(33)46)39-22-30-26-13-7-8-15-28(26)36(45)43(20-19-24-11-5-4-6-12-24)34(30)25-17-18-32-29(21-25)27-14-9-10-16-31(27)41(32)2/h4-18,21,30,34,46H,19-20,22H2,1-3H3,(H,40,44,47). The van der Waals surface area contributed by atoms with E-state index in [-0.39, 0.29) is 30.0 Å². The van der Waals surface area contributed by atoms with E-state index >= 15 is 0 Å². The number of aromatic amines is 1. The highest BCUT2D eigenvalue weighted by Crippen LogP contribution is 2.44. The van der Waals surface area contributed by atoms with Crippen LogP contribution >= 0.6 is 0 Å². The number of rotatable bonds is 7. The van der Waals surface area contributed by atoms with E-state index in [1.54, 1.807) is 6.92 Å². The summed E-state index contributed by atoms with van der Waals surface area (Å²) >= 11 is 0. The summed E-state index contributed by atoms with van der Waals surface area (Å²) in [5.74, 6) is -0.749. The number of hydrogen-bond donors (Lipinski definition) is 2. The lowest BCUT2D eigenvalue weighted by Gasteiger charge is -2.42. The number of fused-ring (bicyclic) bond motifs is 4. The van der Waals surface area contributed by atoms with E-state index in [1.807, 2.05) is 59.5 Å². The zero-order valence-electron chi connectivity index (χ0n) is 26.5. The van der Waals surface area contributed by atoms with Crippen LogP contribution in [0.4, 0.5) is 0 Å². The molecule has 1 aliphatic heterocycles. The van der Waals surface area contributed by atoms with Gasteiger partial charge in [0.15, 0.2) is 0 Å². The number of aromatic nitrogens is 3. The Kier molecular flexibility index (Phi) is 7.60. The van der Waals surface area contributed by atoms with Gasteiger partial charge in [-0.05, 0) is 54.3 Å². The molecular formula is C38H35N5O4. The lowest BCUT2D eigenvalue weighted by Crippen LogP contribution is -2.44. The molecule has 47 heavy (non-hydrogen) atoms. The van der Waals surface area contributed by atoms with Crippen molar-refractivity contribution >= 4 is 33.4 Å². The highest BCUT2D eigenvalue weighted by Gasteiger charge is 2.40. The van der Waals surface area contributed by atoms with Crippen molar-refractivity contribution in [1.82, 2.24) is 19.0 Å². The largest absolute Gasteiger partial charge is 0.494 e. The van der Waals surface area contributed by atoms with E-state index < -0.39 is 17.1 Å². The number of hydrogen-bond acceptors (Lipinski definition) is 5. The topological polar surface area (TPSA) is 113 Å². The first-order valence-electron chi connectivity index (χ1n) is 15.7. The van der Waals surface area contributed by atoms with Gasteiger partial charge >= 0.3 is 5.69 Å². The van der Waals surface area contributed by atoms with E-state index in [2.05, 4.69) is 59.1 Å². The minimum Gasteiger partial charge on any atom is -0.494 e. The van der Waals surface area contributed by atoms with Crippen LogP contribution in [0.3, 0.4) is 0 Å². The second kappa shape index (κ2) is 11.9. The number of para-hydroxylation sites is 1. The zero-order chi connectivity index (χ0) is 32.8. The Balaban J connectivity index is 1.39. The molecule has 0 saturated carbocycles. The Hall–Kier alpha value is -5.70. The van der Waals surface area contributed by atoms with Crippen LogP contribution in [-0.2, 0) is 20.5 Å². The first-order chi connectivity index (χ1) is 22.7. The molecule has 2 aromatic heterocycles. The van der Waals surface area contributed by atoms with Crippen LogP contribution in [-0.4, -0.2) is 48.8 Å². The average molecular weight is 626 g/mol. The van der Waals surface area contributed by atoms with Crippen LogP contribution in [0.2, 0.25) is 0 Å². The van der Waals surface area contributed by atoms with E-state index in [4.69, 9.17) is 4.99 Å². The summed E-state index contributed by atoms with van der Waals surface area (Å²) in [6, 6.07) is 32.2. The highest BCUT2D eigenvalue weighted by molar-refractivity contribution is 6.08. The fourth-order valence-electron chi connectivity index (χ4n) is 7.05. The molecule has 0 saturated heterocycles. The fourth-order valence-corrected chi connectivity index (χ4v) is 7.05. The molecule has 9 nitrogen and oxygen atoms in total. The minimum absolute atomic E-state index is 0.0383. The molecule has 236 valence electrons. The summed E-state index contributed by atoms with van der Waals surface area (Å²) in [5.41, 5.74) is 4.70. The van der Waals surface area contributed by atoms with Crippen molar-refractivity contribution < 1.29 is 9.90 Å². The summed E-state index contributed by atoms with van der Waals surface area (Å²) < 4.78 is 3.17. The quantitative estimate of drug-likeness (QED) is 0.230. The van der Waals surface area contributed by atoms with Gasteiger partial charge in [-0.15, -0.1) is 0 Å². The molecule has 1 aliphatic rings. The minimum atomic E-state index is -0.707. The van der Waals surface area contributed by atoms with Crippen molar-refractivity contribution in [3.05, 3.63) is 146 Å². The van der Waals surface area contributed by atoms with Crippen molar-refractivity contribution in [2.24, 2.45) is 19.1 Å². The van der Waals surface area contributed by atoms with Gasteiger partial charge in [0, 0.05) is 66.2 Å². The molecule has 3 heterocycles. The smallest absolute Gasteiger partial charge is 0.330 e. The molecule has 7 rings (SSSR count). The van der Waals surface area contributed by atoms with Gasteiger partial charge in [0.05, 0.1) is 6.04 Å². The first kappa shape index (κ1) is 30.0. The highest BCUT2D eigenvalue weighted by atomic mass is 16.3. The van der Waals surface area contributed by atoms with Gasteiger partial charge in [0.1, 0.15) is 5.56 Å². The van der Waals surface area contributed by atoms with Crippen LogP contribution in [0.25, 0.3) is 21.8 Å². The maximum absolute atomic E-state index is 14.3. The monoisotopic (exact) mass is 625 g/mol. The van der Waals surface area contributed by atoms with E-state index in [1.165, 1.54) is 7.05 Å². The van der Waals surface area contributed by atoms with Crippen molar-refractivity contribution in [3.8, 4) is 5.88 Å². The first-order valence-corrected chi connectivity index (χ1v) is 15.7. The number of aliphatic imine (C=N–C) groups is 1. The molecule has 6 aromatic rings. The predicted octanol–water partition coefficient (Wildman–Crippen LogP) is 5.46. The maximum Gasteiger partial charge on any atom is 0.330 e. The molecule has 1 amide bonds. The molecule has 4 aromatic carbocycles. The number of H-pyrrole nitrogens is 1. The van der Waals surface area contributed by atoms with Gasteiger partial charge in [-0.3, -0.25) is 24.1 Å². The molecule has 2 N–H and O–H groups in total. The molecule has 2 unspecified atom stereocenters. The molecule has 2 atom stereocenters. The number of aryl methyl sites for hydroxylation is 1. The molecule has 9 heteroatoms. The van der Waals surface area contributed by atoms with Gasteiger partial charge in [-0.1, -0.05) is 72.8 Å². The van der Waals surface area contributed by atoms with E-state index in [9.17, 15) is 19.5 Å². The van der Waals surface area contributed by atoms with E-state index in [0.717, 1.165) is 43.1 Å². The van der Waals surface area contributed by atoms with Gasteiger partial charge in [-0.2, -0.15) is 0 Å². The third-order valence-electron chi connectivity index (χ3n) is 9.51. The van der Waals surface area contributed by atoms with Gasteiger partial charge in [0.25, 0.3) is 11.5 Å². The molecule has 0 fully saturated rings. The number of carbonyl (C=O) groups is 1. The van der Waals surface area contributed by atoms with E-state index in [0.29, 0.717) is 24.2 Å². The summed E-state index contributed by atoms with van der Waals surface area (Å²) in [6.45, 7) is 2.38. The molecule has 0 aliphatic carbocycles. The lowest BCUT2D eigenvalue weighted by atomic mass is 9.79. The van der Waals surface area contributed by atoms with Gasteiger partial charge in [0.2, 0.25) is 5.88 Å². The third kappa shape index (κ3) is 5.13. The Bertz CT molecular complexity index is 2320. The lowest BCUT2D eigenvalue weighted by molar-refractivity contribution is 0.0614. The molecule has 0 radical (unpaired) electrons. The summed E-state index contributed by atoms with van der Waals surface area (Å²) in [4.78, 5) is 48.2. The maximum atomic E-state index is 14.3. The normalized spacial score (nSPS) is 16.6. The Morgan fingerprint density at radius 1 is 0.830 bits per heavy atom. The fraction of sp³-hybridized carbons (Fsp3) is 0.211. The van der Waals surface area contributed by atoms with Crippen LogP contribution in [0.5, 0.6) is 5.88 Å². The average Bonchev–Trinajstić information content (AvgIpc) is 3.37. The number of nitrogens with zero attached hydrogens (tertiary/aromatic N) is 4. The summed E-state index contributed by atoms with van der Waals surface area (Å²) in [6.07, 6.45) is 0.679. The summed E-state index contributed by atoms with van der Waals surface area (Å²) in [5, 5.41) is 13.0. The van der Waals surface area contributed by atoms with Crippen LogP contribution in [0.15, 0.2) is 112 Å². The SMILES string of the molecule is CC(=NCC1c2ccccc2C(=O)N(CCc2ccccc2)C1c1ccc2c(c1)c1ccccc1n2C)c1c(O)n(C)c(=O)[nH]c1=O. The number of nitrogens with one attached hydrogen (secondary N) is 1. The van der Waals surface area contributed by atoms with Gasteiger partial charge in [-0.25, -0.2) is 4.79 Å². The molecular weight excluding hydrogens is 590 g/mol. The Morgan fingerprint density at radius 3 is 2.34 bits per heavy atom. The van der Waals surface area contributed by atoms with Crippen molar-refractivity contribution in [2.45, 2.75) is 25.3 Å². The summed E-state index contributed by atoms with van der Waals surface area (Å²) in [7, 11) is 3.45. The Morgan fingerprint density at radius 2 is 1.53 bits per heavy atom. The van der Waals surface area contributed by atoms with Crippen molar-refractivity contribution in [3.63, 3.8) is 0 Å². The van der Waals surface area contributed by atoms with Crippen LogP contribution in [0.1, 0.15) is 51.5 Å². The second-order valence-corrected chi connectivity index (χ2v) is 12.2. The van der Waals surface area contributed by atoms with Crippen molar-refractivity contribution in [1.29, 1.82) is 0 Å². The number of amides is 1. The predicted molar refractivity (Wildman–Crippen MR) is 185 cm³/mol.